The van der Waals surface area contributed by atoms with Gasteiger partial charge in [0.15, 0.2) is 0 Å². The standard InChI is InChI=1S/C21H31N3O.2ClH/c1-23(20-12-18-9-10-19(13-20)22-18)21(25)17-8-5-11-24(15-17)14-16-6-3-2-4-7-16;;/h2-4,6-7,17-20,22H,5,8-15H2,1H3;2*1H. The van der Waals surface area contributed by atoms with E-state index in [4.69, 9.17) is 0 Å². The first-order valence-electron chi connectivity index (χ1n) is 9.98. The van der Waals surface area contributed by atoms with E-state index in [1.165, 1.54) is 18.4 Å². The van der Waals surface area contributed by atoms with Crippen LogP contribution in [-0.2, 0) is 11.3 Å². The number of fused-ring (bicyclic) bond motifs is 2. The molecule has 152 valence electrons. The quantitative estimate of drug-likeness (QED) is 0.820. The van der Waals surface area contributed by atoms with Gasteiger partial charge in [-0.3, -0.25) is 9.69 Å². The Bertz CT molecular complexity index is 588. The lowest BCUT2D eigenvalue weighted by atomic mass is 9.93. The van der Waals surface area contributed by atoms with E-state index in [1.54, 1.807) is 0 Å². The van der Waals surface area contributed by atoms with Crippen LogP contribution < -0.4 is 5.32 Å². The van der Waals surface area contributed by atoms with Crippen molar-refractivity contribution in [1.82, 2.24) is 15.1 Å². The summed E-state index contributed by atoms with van der Waals surface area (Å²) in [6.07, 6.45) is 7.04. The number of amides is 1. The van der Waals surface area contributed by atoms with Gasteiger partial charge in [-0.25, -0.2) is 0 Å². The number of hydrogen-bond acceptors (Lipinski definition) is 3. The largest absolute Gasteiger partial charge is 0.342 e. The predicted octanol–water partition coefficient (Wildman–Crippen LogP) is 3.48. The fourth-order valence-electron chi connectivity index (χ4n) is 5.05. The Hall–Kier alpha value is -0.810. The fraction of sp³-hybridized carbons (Fsp3) is 0.667. The van der Waals surface area contributed by atoms with Crippen LogP contribution in [0.2, 0.25) is 0 Å². The summed E-state index contributed by atoms with van der Waals surface area (Å²) < 4.78 is 0. The fourth-order valence-corrected chi connectivity index (χ4v) is 5.05. The molecule has 3 heterocycles. The molecule has 1 N–H and O–H groups in total. The number of carbonyl (C=O) groups excluding carboxylic acids is 1. The third-order valence-electron chi connectivity index (χ3n) is 6.45. The van der Waals surface area contributed by atoms with Crippen molar-refractivity contribution in [3.05, 3.63) is 35.9 Å². The summed E-state index contributed by atoms with van der Waals surface area (Å²) in [5.41, 5.74) is 1.35. The highest BCUT2D eigenvalue weighted by Crippen LogP contribution is 2.30. The van der Waals surface area contributed by atoms with Gasteiger partial charge in [0.1, 0.15) is 0 Å². The maximum Gasteiger partial charge on any atom is 0.226 e. The number of rotatable bonds is 4. The zero-order valence-corrected chi connectivity index (χ0v) is 17.8. The molecular weight excluding hydrogens is 381 g/mol. The van der Waals surface area contributed by atoms with Crippen molar-refractivity contribution >= 4 is 30.7 Å². The number of carbonyl (C=O) groups is 1. The summed E-state index contributed by atoms with van der Waals surface area (Å²) in [5, 5.41) is 3.68. The van der Waals surface area contributed by atoms with Crippen molar-refractivity contribution in [2.24, 2.45) is 5.92 Å². The Kier molecular flexibility index (Phi) is 8.41. The highest BCUT2D eigenvalue weighted by molar-refractivity contribution is 5.85. The van der Waals surface area contributed by atoms with Crippen molar-refractivity contribution < 1.29 is 4.79 Å². The minimum Gasteiger partial charge on any atom is -0.342 e. The summed E-state index contributed by atoms with van der Waals surface area (Å²) in [7, 11) is 2.05. The maximum atomic E-state index is 13.1. The van der Waals surface area contributed by atoms with E-state index in [2.05, 4.69) is 45.4 Å². The second-order valence-corrected chi connectivity index (χ2v) is 8.27. The van der Waals surface area contributed by atoms with Gasteiger partial charge in [0.05, 0.1) is 5.92 Å². The molecule has 4 rings (SSSR count). The summed E-state index contributed by atoms with van der Waals surface area (Å²) in [5.74, 6) is 0.555. The van der Waals surface area contributed by atoms with Crippen molar-refractivity contribution in [2.75, 3.05) is 20.1 Å². The van der Waals surface area contributed by atoms with Gasteiger partial charge in [0.2, 0.25) is 5.91 Å². The monoisotopic (exact) mass is 413 g/mol. The highest BCUT2D eigenvalue weighted by Gasteiger charge is 2.38. The van der Waals surface area contributed by atoms with Gasteiger partial charge in [-0.05, 0) is 50.6 Å². The molecule has 1 aromatic carbocycles. The smallest absolute Gasteiger partial charge is 0.226 e. The summed E-state index contributed by atoms with van der Waals surface area (Å²) >= 11 is 0. The number of nitrogens with zero attached hydrogens (tertiary/aromatic N) is 2. The van der Waals surface area contributed by atoms with E-state index in [-0.39, 0.29) is 30.7 Å². The number of nitrogens with one attached hydrogen (secondary N) is 1. The van der Waals surface area contributed by atoms with Crippen LogP contribution in [-0.4, -0.2) is 54.0 Å². The Labute approximate surface area is 175 Å². The summed E-state index contributed by atoms with van der Waals surface area (Å²) in [6.45, 7) is 2.99. The molecule has 0 spiro atoms. The topological polar surface area (TPSA) is 35.6 Å². The van der Waals surface area contributed by atoms with Crippen LogP contribution in [0.4, 0.5) is 0 Å². The molecule has 3 fully saturated rings. The average molecular weight is 414 g/mol. The molecule has 3 saturated heterocycles. The number of piperidine rings is 2. The van der Waals surface area contributed by atoms with Gasteiger partial charge < -0.3 is 10.2 Å². The second kappa shape index (κ2) is 10.1. The molecule has 3 aliphatic heterocycles. The Morgan fingerprint density at radius 1 is 1.11 bits per heavy atom. The third-order valence-corrected chi connectivity index (χ3v) is 6.45. The molecule has 4 nitrogen and oxygen atoms in total. The van der Waals surface area contributed by atoms with Gasteiger partial charge in [-0.15, -0.1) is 24.8 Å². The molecule has 0 aliphatic carbocycles. The van der Waals surface area contributed by atoms with Gasteiger partial charge in [0, 0.05) is 38.3 Å². The van der Waals surface area contributed by atoms with Crippen molar-refractivity contribution in [3.63, 3.8) is 0 Å². The Morgan fingerprint density at radius 2 is 1.78 bits per heavy atom. The van der Waals surface area contributed by atoms with E-state index < -0.39 is 0 Å². The first-order valence-corrected chi connectivity index (χ1v) is 9.98. The number of hydrogen-bond donors (Lipinski definition) is 1. The number of benzene rings is 1. The van der Waals surface area contributed by atoms with Crippen molar-refractivity contribution in [3.8, 4) is 0 Å². The third kappa shape index (κ3) is 5.38. The number of halogens is 2. The average Bonchev–Trinajstić information content (AvgIpc) is 2.99. The van der Waals surface area contributed by atoms with Crippen LogP contribution >= 0.6 is 24.8 Å². The van der Waals surface area contributed by atoms with Gasteiger partial charge in [0.25, 0.3) is 0 Å². The molecule has 1 amide bonds. The van der Waals surface area contributed by atoms with Crippen LogP contribution in [0.1, 0.15) is 44.1 Å². The van der Waals surface area contributed by atoms with Crippen molar-refractivity contribution in [1.29, 1.82) is 0 Å². The highest BCUT2D eigenvalue weighted by atomic mass is 35.5. The number of likely N-dealkylation sites (tertiary alicyclic amines) is 1. The minimum atomic E-state index is 0. The first kappa shape index (κ1) is 22.5. The summed E-state index contributed by atoms with van der Waals surface area (Å²) in [6, 6.07) is 12.3. The molecule has 6 heteroatoms. The van der Waals surface area contributed by atoms with Crippen LogP contribution in [0.25, 0.3) is 0 Å². The molecule has 2 bridgehead atoms. The van der Waals surface area contributed by atoms with Crippen LogP contribution in [0.5, 0.6) is 0 Å². The minimum absolute atomic E-state index is 0. The Balaban J connectivity index is 0.00000131. The Morgan fingerprint density at radius 3 is 2.44 bits per heavy atom. The van der Waals surface area contributed by atoms with Crippen LogP contribution in [0.3, 0.4) is 0 Å². The molecule has 3 aliphatic rings. The predicted molar refractivity (Wildman–Crippen MR) is 115 cm³/mol. The lowest BCUT2D eigenvalue weighted by Crippen LogP contribution is -2.51. The van der Waals surface area contributed by atoms with Gasteiger partial charge >= 0.3 is 0 Å². The van der Waals surface area contributed by atoms with E-state index in [9.17, 15) is 4.79 Å². The van der Waals surface area contributed by atoms with Crippen LogP contribution in [0.15, 0.2) is 30.3 Å². The molecule has 0 saturated carbocycles. The van der Waals surface area contributed by atoms with E-state index in [1.807, 2.05) is 7.05 Å². The normalized spacial score (nSPS) is 30.1. The van der Waals surface area contributed by atoms with Gasteiger partial charge in [-0.2, -0.15) is 0 Å². The zero-order valence-electron chi connectivity index (χ0n) is 16.2. The van der Waals surface area contributed by atoms with Gasteiger partial charge in [-0.1, -0.05) is 30.3 Å². The van der Waals surface area contributed by atoms with E-state index in [0.717, 1.165) is 45.3 Å². The molecule has 0 aromatic heterocycles. The lowest BCUT2D eigenvalue weighted by Gasteiger charge is -2.39. The second-order valence-electron chi connectivity index (χ2n) is 8.27. The lowest BCUT2D eigenvalue weighted by molar-refractivity contribution is -0.139. The molecule has 3 atom stereocenters. The van der Waals surface area contributed by atoms with E-state index in [0.29, 0.717) is 24.0 Å². The maximum absolute atomic E-state index is 13.1. The molecule has 27 heavy (non-hydrogen) atoms. The molecule has 1 aromatic rings. The van der Waals surface area contributed by atoms with Crippen molar-refractivity contribution in [2.45, 2.75) is 63.2 Å². The zero-order chi connectivity index (χ0) is 17.2. The molecular formula is C21H33Cl2N3O. The molecule has 3 unspecified atom stereocenters. The summed E-state index contributed by atoms with van der Waals surface area (Å²) in [4.78, 5) is 17.7. The SMILES string of the molecule is CN(C(=O)C1CCCN(Cc2ccccc2)C1)C1CC2CCC(C1)N2.Cl.Cl. The first-order chi connectivity index (χ1) is 12.2. The van der Waals surface area contributed by atoms with Crippen LogP contribution in [0, 0.1) is 5.92 Å². The van der Waals surface area contributed by atoms with E-state index >= 15 is 0 Å². The molecule has 0 radical (unpaired) electrons.